The minimum absolute atomic E-state index is 0.0207. The van der Waals surface area contributed by atoms with Gasteiger partial charge in [-0.05, 0) is 86.4 Å². The molecule has 1 saturated heterocycles. The third-order valence-corrected chi connectivity index (χ3v) is 6.90. The number of carbonyl (C=O) groups is 1. The lowest BCUT2D eigenvalue weighted by molar-refractivity contribution is 0.0929. The molecule has 0 aromatic heterocycles. The normalized spacial score (nSPS) is 15.9. The maximum atomic E-state index is 12.9. The summed E-state index contributed by atoms with van der Waals surface area (Å²) in [5, 5.41) is 4.03. The third kappa shape index (κ3) is 8.32. The Labute approximate surface area is 211 Å². The van der Waals surface area contributed by atoms with E-state index in [1.54, 1.807) is 0 Å². The summed E-state index contributed by atoms with van der Waals surface area (Å²) in [6.45, 7) is 11.6. The first-order valence-corrected chi connectivity index (χ1v) is 13.3. The zero-order valence-electron chi connectivity index (χ0n) is 21.3. The molecular weight excluding hydrogens is 444 g/mol. The Kier molecular flexibility index (Phi) is 10.3. The van der Waals surface area contributed by atoms with Gasteiger partial charge in [-0.15, -0.1) is 0 Å². The number of piperidine rings is 1. The molecule has 1 unspecified atom stereocenters. The summed E-state index contributed by atoms with van der Waals surface area (Å²) in [6, 6.07) is 14.2. The highest BCUT2D eigenvalue weighted by Gasteiger charge is 2.22. The fourth-order valence-corrected chi connectivity index (χ4v) is 4.70. The third-order valence-electron chi connectivity index (χ3n) is 6.65. The predicted octanol–water partition coefficient (Wildman–Crippen LogP) is 7.03. The van der Waals surface area contributed by atoms with Crippen LogP contribution < -0.4 is 10.1 Å². The molecule has 1 heterocycles. The van der Waals surface area contributed by atoms with Crippen molar-refractivity contribution in [3.63, 3.8) is 0 Å². The smallest absolute Gasteiger partial charge is 0.251 e. The molecule has 1 fully saturated rings. The lowest BCUT2D eigenvalue weighted by Crippen LogP contribution is -2.38. The summed E-state index contributed by atoms with van der Waals surface area (Å²) in [4.78, 5) is 15.3. The van der Waals surface area contributed by atoms with Gasteiger partial charge in [-0.25, -0.2) is 0 Å². The number of ether oxygens (including phenoxy) is 1. The highest BCUT2D eigenvalue weighted by molar-refractivity contribution is 6.30. The summed E-state index contributed by atoms with van der Waals surface area (Å²) in [6.07, 6.45) is 6.49. The van der Waals surface area contributed by atoms with E-state index in [4.69, 9.17) is 16.3 Å². The molecular formula is C29H41ClN2O2. The van der Waals surface area contributed by atoms with Crippen molar-refractivity contribution in [2.24, 2.45) is 5.92 Å². The Hall–Kier alpha value is -2.04. The second kappa shape index (κ2) is 13.2. The average molecular weight is 485 g/mol. The largest absolute Gasteiger partial charge is 0.490 e. The number of nitrogens with zero attached hydrogens (tertiary/aromatic N) is 1. The van der Waals surface area contributed by atoms with Crippen LogP contribution in [0.3, 0.4) is 0 Å². The number of likely N-dealkylation sites (tertiary alicyclic amines) is 1. The fraction of sp³-hybridized carbons (Fsp3) is 0.552. The Morgan fingerprint density at radius 2 is 1.79 bits per heavy atom. The SMILES string of the molecule is CCCC(CCC(C)C)NC(=O)c1ccc(OC2CCN(Cc3ccc(Cl)cc3)CC2)c(C)c1. The van der Waals surface area contributed by atoms with Gasteiger partial charge in [0.2, 0.25) is 0 Å². The molecule has 1 aliphatic heterocycles. The van der Waals surface area contributed by atoms with E-state index in [-0.39, 0.29) is 18.1 Å². The highest BCUT2D eigenvalue weighted by atomic mass is 35.5. The summed E-state index contributed by atoms with van der Waals surface area (Å²) >= 11 is 6.00. The van der Waals surface area contributed by atoms with E-state index in [9.17, 15) is 4.79 Å². The lowest BCUT2D eigenvalue weighted by Gasteiger charge is -2.32. The van der Waals surface area contributed by atoms with E-state index >= 15 is 0 Å². The summed E-state index contributed by atoms with van der Waals surface area (Å²) in [5.74, 6) is 1.56. The van der Waals surface area contributed by atoms with Crippen molar-refractivity contribution in [1.29, 1.82) is 0 Å². The molecule has 34 heavy (non-hydrogen) atoms. The van der Waals surface area contributed by atoms with E-state index in [0.717, 1.165) is 74.5 Å². The van der Waals surface area contributed by atoms with Crippen LogP contribution in [0.15, 0.2) is 42.5 Å². The highest BCUT2D eigenvalue weighted by Crippen LogP contribution is 2.25. The molecule has 4 nitrogen and oxygen atoms in total. The van der Waals surface area contributed by atoms with E-state index in [1.807, 2.05) is 37.3 Å². The van der Waals surface area contributed by atoms with Gasteiger partial charge in [0.25, 0.3) is 5.91 Å². The monoisotopic (exact) mass is 484 g/mol. The number of aryl methyl sites for hydroxylation is 1. The number of carbonyl (C=O) groups excluding carboxylic acids is 1. The fourth-order valence-electron chi connectivity index (χ4n) is 4.58. The Bertz CT molecular complexity index is 905. The van der Waals surface area contributed by atoms with Gasteiger partial charge >= 0.3 is 0 Å². The number of amides is 1. The quantitative estimate of drug-likeness (QED) is 0.372. The van der Waals surface area contributed by atoms with E-state index in [2.05, 4.69) is 43.1 Å². The summed E-state index contributed by atoms with van der Waals surface area (Å²) < 4.78 is 6.34. The van der Waals surface area contributed by atoms with Crippen LogP contribution in [0.1, 0.15) is 80.8 Å². The van der Waals surface area contributed by atoms with Gasteiger partial charge in [-0.3, -0.25) is 9.69 Å². The van der Waals surface area contributed by atoms with Gasteiger partial charge < -0.3 is 10.1 Å². The van der Waals surface area contributed by atoms with E-state index in [1.165, 1.54) is 5.56 Å². The van der Waals surface area contributed by atoms with Crippen molar-refractivity contribution >= 4 is 17.5 Å². The first-order chi connectivity index (χ1) is 16.3. The van der Waals surface area contributed by atoms with Crippen molar-refractivity contribution in [3.05, 3.63) is 64.2 Å². The molecule has 1 aliphatic rings. The van der Waals surface area contributed by atoms with Crippen molar-refractivity contribution in [2.75, 3.05) is 13.1 Å². The van der Waals surface area contributed by atoms with Crippen LogP contribution in [0.25, 0.3) is 0 Å². The van der Waals surface area contributed by atoms with Gasteiger partial charge in [0.05, 0.1) is 0 Å². The van der Waals surface area contributed by atoms with Crippen LogP contribution in [0.4, 0.5) is 0 Å². The van der Waals surface area contributed by atoms with Crippen LogP contribution in [0.5, 0.6) is 5.75 Å². The van der Waals surface area contributed by atoms with Crippen LogP contribution >= 0.6 is 11.6 Å². The molecule has 0 bridgehead atoms. The molecule has 1 atom stereocenters. The number of halogens is 1. The Balaban J connectivity index is 1.50. The molecule has 0 saturated carbocycles. The van der Waals surface area contributed by atoms with Gasteiger partial charge in [0, 0.05) is 36.3 Å². The van der Waals surface area contributed by atoms with Gasteiger partial charge in [0.15, 0.2) is 0 Å². The number of hydrogen-bond donors (Lipinski definition) is 1. The Morgan fingerprint density at radius 3 is 2.41 bits per heavy atom. The second-order valence-corrected chi connectivity index (χ2v) is 10.6. The second-order valence-electron chi connectivity index (χ2n) is 10.1. The number of nitrogens with one attached hydrogen (secondary N) is 1. The van der Waals surface area contributed by atoms with Crippen molar-refractivity contribution < 1.29 is 9.53 Å². The minimum atomic E-state index is 0.0207. The molecule has 5 heteroatoms. The zero-order chi connectivity index (χ0) is 24.5. The summed E-state index contributed by atoms with van der Waals surface area (Å²) in [5.41, 5.74) is 3.03. The molecule has 0 aliphatic carbocycles. The predicted molar refractivity (Wildman–Crippen MR) is 142 cm³/mol. The van der Waals surface area contributed by atoms with E-state index < -0.39 is 0 Å². The molecule has 2 aromatic rings. The number of benzene rings is 2. The van der Waals surface area contributed by atoms with Crippen LogP contribution in [0, 0.1) is 12.8 Å². The summed E-state index contributed by atoms with van der Waals surface area (Å²) in [7, 11) is 0. The standard InChI is InChI=1S/C29H41ClN2O2/c1-5-6-26(13-7-21(2)3)31-29(33)24-10-14-28(22(4)19-24)34-27-15-17-32(18-16-27)20-23-8-11-25(30)12-9-23/h8-12,14,19,21,26-27H,5-7,13,15-18,20H2,1-4H3,(H,31,33). The minimum Gasteiger partial charge on any atom is -0.490 e. The molecule has 0 spiro atoms. The van der Waals surface area contributed by atoms with Crippen LogP contribution in [0.2, 0.25) is 5.02 Å². The molecule has 1 N–H and O–H groups in total. The maximum Gasteiger partial charge on any atom is 0.251 e. The zero-order valence-corrected chi connectivity index (χ0v) is 22.0. The molecule has 186 valence electrons. The molecule has 3 rings (SSSR count). The molecule has 0 radical (unpaired) electrons. The number of hydrogen-bond acceptors (Lipinski definition) is 3. The first-order valence-electron chi connectivity index (χ1n) is 12.9. The van der Waals surface area contributed by atoms with Crippen molar-refractivity contribution in [3.8, 4) is 5.75 Å². The van der Waals surface area contributed by atoms with Gasteiger partial charge in [-0.2, -0.15) is 0 Å². The average Bonchev–Trinajstić information content (AvgIpc) is 2.81. The van der Waals surface area contributed by atoms with Crippen molar-refractivity contribution in [1.82, 2.24) is 10.2 Å². The van der Waals surface area contributed by atoms with Crippen molar-refractivity contribution in [2.45, 2.75) is 84.9 Å². The van der Waals surface area contributed by atoms with Gasteiger partial charge in [0.1, 0.15) is 11.9 Å². The number of rotatable bonds is 11. The van der Waals surface area contributed by atoms with Gasteiger partial charge in [-0.1, -0.05) is 50.9 Å². The molecule has 1 amide bonds. The van der Waals surface area contributed by atoms with Crippen LogP contribution in [-0.4, -0.2) is 36.0 Å². The maximum absolute atomic E-state index is 12.9. The molecule has 2 aromatic carbocycles. The topological polar surface area (TPSA) is 41.6 Å². The Morgan fingerprint density at radius 1 is 1.09 bits per heavy atom. The van der Waals surface area contributed by atoms with Crippen LogP contribution in [-0.2, 0) is 6.54 Å². The lowest BCUT2D eigenvalue weighted by atomic mass is 9.99. The van der Waals surface area contributed by atoms with E-state index in [0.29, 0.717) is 11.5 Å². The first kappa shape index (κ1) is 26.6.